The summed E-state index contributed by atoms with van der Waals surface area (Å²) in [6.07, 6.45) is 0. The van der Waals surface area contributed by atoms with Crippen LogP contribution >= 0.6 is 11.8 Å². The highest BCUT2D eigenvalue weighted by Crippen LogP contribution is 2.23. The number of aryl methyl sites for hydroxylation is 1. The third-order valence-electron chi connectivity index (χ3n) is 4.74. The standard InChI is InChI=1S/C21H24N4O2S/c1-15-4-2-3-5-19(15)28-14-21(26)22-16-6-7-17-18(12-16)24-20(23-17)13-25-8-10-27-11-9-25/h2-7,12H,8-11,13-14H2,1H3,(H,22,26)(H,23,24). The first kappa shape index (κ1) is 19.0. The summed E-state index contributed by atoms with van der Waals surface area (Å²) in [6.45, 7) is 6.25. The summed E-state index contributed by atoms with van der Waals surface area (Å²) in [7, 11) is 0. The van der Waals surface area contributed by atoms with Crippen molar-refractivity contribution in [2.45, 2.75) is 18.4 Å². The van der Waals surface area contributed by atoms with E-state index in [-0.39, 0.29) is 5.91 Å². The van der Waals surface area contributed by atoms with Crippen molar-refractivity contribution in [2.75, 3.05) is 37.4 Å². The Morgan fingerprint density at radius 1 is 1.25 bits per heavy atom. The number of thioether (sulfide) groups is 1. The second kappa shape index (κ2) is 8.77. The third-order valence-corrected chi connectivity index (χ3v) is 5.92. The summed E-state index contributed by atoms with van der Waals surface area (Å²) in [5.41, 5.74) is 3.82. The highest BCUT2D eigenvalue weighted by atomic mass is 32.2. The Morgan fingerprint density at radius 2 is 2.07 bits per heavy atom. The number of hydrogen-bond donors (Lipinski definition) is 2. The van der Waals surface area contributed by atoms with Crippen LogP contribution in [0.25, 0.3) is 11.0 Å². The molecule has 146 valence electrons. The maximum absolute atomic E-state index is 12.3. The summed E-state index contributed by atoms with van der Waals surface area (Å²) < 4.78 is 5.39. The summed E-state index contributed by atoms with van der Waals surface area (Å²) >= 11 is 1.55. The molecule has 1 aliphatic heterocycles. The Labute approximate surface area is 168 Å². The molecule has 6 nitrogen and oxygen atoms in total. The van der Waals surface area contributed by atoms with Gasteiger partial charge < -0.3 is 15.0 Å². The molecule has 0 bridgehead atoms. The van der Waals surface area contributed by atoms with E-state index in [0.717, 1.165) is 60.3 Å². The van der Waals surface area contributed by atoms with Crippen molar-refractivity contribution in [3.63, 3.8) is 0 Å². The lowest BCUT2D eigenvalue weighted by molar-refractivity contribution is -0.113. The maximum atomic E-state index is 12.3. The number of amides is 1. The van der Waals surface area contributed by atoms with Gasteiger partial charge in [0, 0.05) is 23.7 Å². The van der Waals surface area contributed by atoms with Crippen molar-refractivity contribution in [3.8, 4) is 0 Å². The molecule has 7 heteroatoms. The lowest BCUT2D eigenvalue weighted by atomic mass is 10.2. The number of nitrogens with one attached hydrogen (secondary N) is 2. The van der Waals surface area contributed by atoms with Crippen LogP contribution in [-0.2, 0) is 16.1 Å². The number of carbonyl (C=O) groups is 1. The number of benzene rings is 2. The molecule has 1 saturated heterocycles. The Bertz CT molecular complexity index is 966. The number of imidazole rings is 1. The fourth-order valence-electron chi connectivity index (χ4n) is 3.24. The van der Waals surface area contributed by atoms with E-state index in [2.05, 4.69) is 33.2 Å². The zero-order valence-electron chi connectivity index (χ0n) is 15.9. The van der Waals surface area contributed by atoms with E-state index in [1.54, 1.807) is 11.8 Å². The zero-order valence-corrected chi connectivity index (χ0v) is 16.7. The number of H-pyrrole nitrogens is 1. The molecular weight excluding hydrogens is 372 g/mol. The van der Waals surface area contributed by atoms with Crippen LogP contribution in [0.5, 0.6) is 0 Å². The number of morpholine rings is 1. The number of anilines is 1. The normalized spacial score (nSPS) is 15.0. The van der Waals surface area contributed by atoms with Crippen LogP contribution in [0.3, 0.4) is 0 Å². The predicted octanol–water partition coefficient (Wildman–Crippen LogP) is 3.43. The van der Waals surface area contributed by atoms with Crippen LogP contribution in [0.4, 0.5) is 5.69 Å². The van der Waals surface area contributed by atoms with Gasteiger partial charge in [-0.25, -0.2) is 4.98 Å². The molecule has 2 aromatic carbocycles. The van der Waals surface area contributed by atoms with Crippen LogP contribution in [0.1, 0.15) is 11.4 Å². The minimum absolute atomic E-state index is 0.0133. The SMILES string of the molecule is Cc1ccccc1SCC(=O)Nc1ccc2nc(CN3CCOCC3)[nH]c2c1. The Hall–Kier alpha value is -2.35. The van der Waals surface area contributed by atoms with Gasteiger partial charge in [0.15, 0.2) is 0 Å². The number of aromatic nitrogens is 2. The van der Waals surface area contributed by atoms with E-state index >= 15 is 0 Å². The number of fused-ring (bicyclic) bond motifs is 1. The number of aromatic amines is 1. The maximum Gasteiger partial charge on any atom is 0.234 e. The number of carbonyl (C=O) groups excluding carboxylic acids is 1. The third kappa shape index (κ3) is 4.73. The fraction of sp³-hybridized carbons (Fsp3) is 0.333. The molecule has 0 radical (unpaired) electrons. The lowest BCUT2D eigenvalue weighted by Gasteiger charge is -2.25. The molecule has 0 atom stereocenters. The molecule has 2 N–H and O–H groups in total. The molecular formula is C21H24N4O2S. The van der Waals surface area contributed by atoms with Crippen LogP contribution in [0.2, 0.25) is 0 Å². The molecule has 0 unspecified atom stereocenters. The summed E-state index contributed by atoms with van der Waals surface area (Å²) in [6, 6.07) is 13.9. The van der Waals surface area contributed by atoms with Gasteiger partial charge in [-0.3, -0.25) is 9.69 Å². The van der Waals surface area contributed by atoms with Crippen molar-refractivity contribution in [2.24, 2.45) is 0 Å². The van der Waals surface area contributed by atoms with Crippen molar-refractivity contribution >= 4 is 34.4 Å². The number of hydrogen-bond acceptors (Lipinski definition) is 5. The lowest BCUT2D eigenvalue weighted by Crippen LogP contribution is -2.35. The Balaban J connectivity index is 1.37. The minimum atomic E-state index is -0.0133. The van der Waals surface area contributed by atoms with Gasteiger partial charge in [-0.2, -0.15) is 0 Å². The van der Waals surface area contributed by atoms with Crippen LogP contribution in [-0.4, -0.2) is 52.8 Å². The molecule has 0 aliphatic carbocycles. The van der Waals surface area contributed by atoms with Gasteiger partial charge in [-0.15, -0.1) is 11.8 Å². The smallest absolute Gasteiger partial charge is 0.234 e. The quantitative estimate of drug-likeness (QED) is 0.625. The van der Waals surface area contributed by atoms with Gasteiger partial charge in [0.25, 0.3) is 0 Å². The van der Waals surface area contributed by atoms with Crippen molar-refractivity contribution < 1.29 is 9.53 Å². The summed E-state index contributed by atoms with van der Waals surface area (Å²) in [5.74, 6) is 1.31. The number of nitrogens with zero attached hydrogens (tertiary/aromatic N) is 2. The molecule has 1 aromatic heterocycles. The first-order chi connectivity index (χ1) is 13.7. The van der Waals surface area contributed by atoms with Gasteiger partial charge in [0.2, 0.25) is 5.91 Å². The van der Waals surface area contributed by atoms with Crippen molar-refractivity contribution in [1.29, 1.82) is 0 Å². The van der Waals surface area contributed by atoms with Gasteiger partial charge in [0.1, 0.15) is 5.82 Å². The number of ether oxygens (including phenoxy) is 1. The van der Waals surface area contributed by atoms with Crippen LogP contribution < -0.4 is 5.32 Å². The van der Waals surface area contributed by atoms with E-state index in [1.807, 2.05) is 36.4 Å². The Kier molecular flexibility index (Phi) is 5.95. The fourth-order valence-corrected chi connectivity index (χ4v) is 4.07. The van der Waals surface area contributed by atoms with E-state index in [0.29, 0.717) is 5.75 Å². The Morgan fingerprint density at radius 3 is 2.89 bits per heavy atom. The van der Waals surface area contributed by atoms with Gasteiger partial charge >= 0.3 is 0 Å². The van der Waals surface area contributed by atoms with Gasteiger partial charge in [0.05, 0.1) is 36.5 Å². The predicted molar refractivity (Wildman–Crippen MR) is 113 cm³/mol. The summed E-state index contributed by atoms with van der Waals surface area (Å²) in [5, 5.41) is 2.98. The molecule has 1 amide bonds. The van der Waals surface area contributed by atoms with Gasteiger partial charge in [-0.1, -0.05) is 18.2 Å². The summed E-state index contributed by atoms with van der Waals surface area (Å²) in [4.78, 5) is 23.8. The largest absolute Gasteiger partial charge is 0.379 e. The monoisotopic (exact) mass is 396 g/mol. The first-order valence-corrected chi connectivity index (χ1v) is 10.4. The molecule has 2 heterocycles. The second-order valence-corrected chi connectivity index (χ2v) is 7.92. The highest BCUT2D eigenvalue weighted by Gasteiger charge is 2.13. The topological polar surface area (TPSA) is 70.2 Å². The van der Waals surface area contributed by atoms with Crippen LogP contribution in [0, 0.1) is 6.92 Å². The van der Waals surface area contributed by atoms with E-state index in [9.17, 15) is 4.79 Å². The second-order valence-electron chi connectivity index (χ2n) is 6.91. The highest BCUT2D eigenvalue weighted by molar-refractivity contribution is 8.00. The van der Waals surface area contributed by atoms with E-state index in [4.69, 9.17) is 4.74 Å². The van der Waals surface area contributed by atoms with E-state index < -0.39 is 0 Å². The molecule has 1 fully saturated rings. The van der Waals surface area contributed by atoms with E-state index in [1.165, 1.54) is 5.56 Å². The van der Waals surface area contributed by atoms with Crippen molar-refractivity contribution in [3.05, 3.63) is 53.9 Å². The molecule has 0 spiro atoms. The molecule has 0 saturated carbocycles. The zero-order chi connectivity index (χ0) is 19.3. The molecule has 4 rings (SSSR count). The average Bonchev–Trinajstić information content (AvgIpc) is 3.09. The molecule has 3 aromatic rings. The van der Waals surface area contributed by atoms with Gasteiger partial charge in [-0.05, 0) is 36.8 Å². The minimum Gasteiger partial charge on any atom is -0.379 e. The number of rotatable bonds is 6. The molecule has 1 aliphatic rings. The average molecular weight is 397 g/mol. The first-order valence-electron chi connectivity index (χ1n) is 9.44. The van der Waals surface area contributed by atoms with Crippen molar-refractivity contribution in [1.82, 2.24) is 14.9 Å². The van der Waals surface area contributed by atoms with Crippen LogP contribution in [0.15, 0.2) is 47.4 Å². The molecule has 28 heavy (non-hydrogen) atoms.